The van der Waals surface area contributed by atoms with Crippen LogP contribution in [0.25, 0.3) is 0 Å². The van der Waals surface area contributed by atoms with Crippen molar-refractivity contribution >= 4 is 0 Å². The van der Waals surface area contributed by atoms with Crippen LogP contribution in [0, 0.1) is 6.92 Å². The van der Waals surface area contributed by atoms with E-state index in [9.17, 15) is 61.5 Å². The summed E-state index contributed by atoms with van der Waals surface area (Å²) in [6.07, 6.45) is -14.6. The van der Waals surface area contributed by atoms with Gasteiger partial charge in [0.2, 0.25) is 0 Å². The lowest BCUT2D eigenvalue weighted by molar-refractivity contribution is -0.414. The Balaban J connectivity index is 4.00. The van der Waals surface area contributed by atoms with E-state index < -0.39 is 47.0 Å². The molecule has 0 atom stereocenters. The molecule has 161 valence electrons. The van der Waals surface area contributed by atoms with E-state index in [1.165, 1.54) is 0 Å². The van der Waals surface area contributed by atoms with Gasteiger partial charge < -0.3 is 0 Å². The van der Waals surface area contributed by atoms with Crippen LogP contribution in [0.15, 0.2) is 30.3 Å². The second-order valence-electron chi connectivity index (χ2n) is 5.56. The first-order valence-electron chi connectivity index (χ1n) is 6.66. The molecule has 0 aromatic heterocycles. The van der Waals surface area contributed by atoms with E-state index in [4.69, 9.17) is 0 Å². The van der Waals surface area contributed by atoms with Gasteiger partial charge in [-0.15, -0.1) is 0 Å². The van der Waals surface area contributed by atoms with Crippen molar-refractivity contribution in [2.24, 2.45) is 0 Å². The average Bonchev–Trinajstić information content (AvgIpc) is 2.52. The maximum atomic E-state index is 14.1. The van der Waals surface area contributed by atoms with Crippen LogP contribution in [-0.4, -0.2) is 36.0 Å². The lowest BCUT2D eigenvalue weighted by atomic mass is 9.67. The smallest absolute Gasteiger partial charge is 0.198 e. The van der Waals surface area contributed by atoms with E-state index in [0.29, 0.717) is 12.1 Å². The Morgan fingerprint density at radius 3 is 1.00 bits per heavy atom. The molecule has 1 rings (SSSR count). The number of hydrogen-bond donors (Lipinski definition) is 0. The predicted octanol–water partition coefficient (Wildman–Crippen LogP) is 6.42. The van der Waals surface area contributed by atoms with E-state index >= 15 is 0 Å². The molecule has 0 spiro atoms. The molecule has 0 saturated heterocycles. The molecule has 1 aromatic rings. The van der Waals surface area contributed by atoms with E-state index in [2.05, 4.69) is 0 Å². The number of benzene rings is 1. The molecule has 0 heterocycles. The van der Waals surface area contributed by atoms with Gasteiger partial charge in [0, 0.05) is 0 Å². The van der Waals surface area contributed by atoms with Crippen molar-refractivity contribution in [1.82, 2.24) is 0 Å². The van der Waals surface area contributed by atoms with Gasteiger partial charge in [0.25, 0.3) is 0 Å². The zero-order valence-electron chi connectivity index (χ0n) is 12.9. The third-order valence-electron chi connectivity index (χ3n) is 3.84. The van der Waals surface area contributed by atoms with Crippen LogP contribution < -0.4 is 0 Å². The summed E-state index contributed by atoms with van der Waals surface area (Å²) in [4.78, 5) is 0. The molecule has 14 heteroatoms. The zero-order valence-corrected chi connectivity index (χ0v) is 12.9. The van der Waals surface area contributed by atoms with Crippen LogP contribution in [0.3, 0.4) is 0 Å². The van der Waals surface area contributed by atoms with Crippen LogP contribution in [-0.2, 0) is 5.41 Å². The lowest BCUT2D eigenvalue weighted by Crippen LogP contribution is -2.72. The normalized spacial score (nSPS) is 15.7. The Morgan fingerprint density at radius 2 is 0.750 bits per heavy atom. The van der Waals surface area contributed by atoms with Gasteiger partial charge in [-0.05, 0) is 12.5 Å². The Bertz CT molecular complexity index is 644. The summed E-state index contributed by atoms with van der Waals surface area (Å²) in [5, 5.41) is 0. The predicted molar refractivity (Wildman–Crippen MR) is 65.4 cm³/mol. The highest BCUT2D eigenvalue weighted by Crippen LogP contribution is 2.64. The third-order valence-corrected chi connectivity index (χ3v) is 3.84. The first-order chi connectivity index (χ1) is 12.1. The first kappa shape index (κ1) is 24.3. The molecule has 1 aromatic carbocycles. The second-order valence-corrected chi connectivity index (χ2v) is 5.56. The molecule has 0 aliphatic carbocycles. The summed E-state index contributed by atoms with van der Waals surface area (Å²) >= 11 is 0. The minimum Gasteiger partial charge on any atom is -0.198 e. The van der Waals surface area contributed by atoms with Crippen molar-refractivity contribution in [3.8, 4) is 0 Å². The number of hydrogen-bond acceptors (Lipinski definition) is 0. The van der Waals surface area contributed by atoms with Crippen LogP contribution >= 0.6 is 0 Å². The van der Waals surface area contributed by atoms with Crippen molar-refractivity contribution in [1.29, 1.82) is 0 Å². The minimum atomic E-state index is -7.46. The van der Waals surface area contributed by atoms with E-state index in [-0.39, 0.29) is 12.1 Å². The Kier molecular flexibility index (Phi) is 5.53. The molecule has 0 fully saturated rings. The summed E-state index contributed by atoms with van der Waals surface area (Å²) in [5.41, 5.74) is -8.00. The number of halogens is 14. The topological polar surface area (TPSA) is 0 Å². The van der Waals surface area contributed by atoms with Gasteiger partial charge in [-0.1, -0.05) is 30.3 Å². The van der Waals surface area contributed by atoms with E-state index in [1.54, 1.807) is 6.92 Å². The Morgan fingerprint density at radius 1 is 0.464 bits per heavy atom. The highest BCUT2D eigenvalue weighted by molar-refractivity contribution is 5.37. The molecule has 0 amide bonds. The molecule has 1 radical (unpaired) electrons. The lowest BCUT2D eigenvalue weighted by Gasteiger charge is -2.47. The summed E-state index contributed by atoms with van der Waals surface area (Å²) in [6, 6.07) is 1.60. The van der Waals surface area contributed by atoms with Gasteiger partial charge >= 0.3 is 36.0 Å². The molecule has 0 bridgehead atoms. The van der Waals surface area contributed by atoms with E-state index in [0.717, 1.165) is 6.07 Å². The van der Waals surface area contributed by atoms with Crippen molar-refractivity contribution in [2.75, 3.05) is 0 Å². The molecule has 0 saturated carbocycles. The van der Waals surface area contributed by atoms with E-state index in [1.807, 2.05) is 0 Å². The molecule has 0 unspecified atom stereocenters. The molecule has 0 N–H and O–H groups in total. The fourth-order valence-electron chi connectivity index (χ4n) is 2.17. The van der Waals surface area contributed by atoms with Gasteiger partial charge in [0.05, 0.1) is 0 Å². The van der Waals surface area contributed by atoms with Crippen molar-refractivity contribution in [2.45, 2.75) is 41.5 Å². The molecule has 0 aliphatic heterocycles. The zero-order chi connectivity index (χ0) is 22.6. The second kappa shape index (κ2) is 6.37. The highest BCUT2D eigenvalue weighted by atomic mass is 19.4. The maximum Gasteiger partial charge on any atom is 0.459 e. The summed E-state index contributed by atoms with van der Waals surface area (Å²) in [6.45, 7) is 1.68. The summed E-state index contributed by atoms with van der Waals surface area (Å²) in [5.74, 6) is -29.4. The van der Waals surface area contributed by atoms with Gasteiger partial charge in [-0.3, -0.25) is 0 Å². The van der Waals surface area contributed by atoms with Crippen LogP contribution in [0.5, 0.6) is 0 Å². The van der Waals surface area contributed by atoms with Crippen molar-refractivity contribution in [3.05, 3.63) is 42.8 Å². The average molecular weight is 441 g/mol. The minimum absolute atomic E-state index is 0.0618. The van der Waals surface area contributed by atoms with Gasteiger partial charge in [0.15, 0.2) is 0 Å². The first-order valence-corrected chi connectivity index (χ1v) is 6.66. The fraction of sp³-hybridized carbons (Fsp3) is 0.500. The fourth-order valence-corrected chi connectivity index (χ4v) is 2.17. The number of alkyl halides is 14. The van der Waals surface area contributed by atoms with Gasteiger partial charge in [-0.25, -0.2) is 0 Å². The monoisotopic (exact) mass is 441 g/mol. The molecular formula is C14H7F14. The largest absolute Gasteiger partial charge is 0.459 e. The number of rotatable bonds is 5. The summed E-state index contributed by atoms with van der Waals surface area (Å²) < 4.78 is 184. The SMILES string of the molecule is [CH2]C(c1ccccc1)(C(F)(F)C(F)(F)C(F)(F)F)C(F)(F)C(F)(F)C(F)(F)F. The highest BCUT2D eigenvalue weighted by Gasteiger charge is 2.89. The third kappa shape index (κ3) is 2.98. The Hall–Kier alpha value is -1.76. The quantitative estimate of drug-likeness (QED) is 0.463. The molecular weight excluding hydrogens is 434 g/mol. The van der Waals surface area contributed by atoms with Crippen LogP contribution in [0.1, 0.15) is 5.56 Å². The maximum absolute atomic E-state index is 14.1. The molecule has 0 aliphatic rings. The van der Waals surface area contributed by atoms with Gasteiger partial charge in [-0.2, -0.15) is 61.5 Å². The summed E-state index contributed by atoms with van der Waals surface area (Å²) in [7, 11) is 0. The van der Waals surface area contributed by atoms with Crippen LogP contribution in [0.2, 0.25) is 0 Å². The molecule has 0 nitrogen and oxygen atoms in total. The molecule has 28 heavy (non-hydrogen) atoms. The van der Waals surface area contributed by atoms with Gasteiger partial charge in [0.1, 0.15) is 5.41 Å². The Labute approximate surface area is 147 Å². The van der Waals surface area contributed by atoms with Crippen LogP contribution in [0.4, 0.5) is 61.5 Å². The van der Waals surface area contributed by atoms with Crippen molar-refractivity contribution in [3.63, 3.8) is 0 Å². The standard InChI is InChI=1S/C14H7F14/c1-8(7-5-3-2-4-6-7,9(15,16)11(19,20)13(23,24)25)10(17,18)12(21,22)14(26,27)28/h2-6H,1H2. The van der Waals surface area contributed by atoms with Crippen molar-refractivity contribution < 1.29 is 61.5 Å².